The molecule has 1 rings (SSSR count). The molecule has 3 N–H and O–H groups in total. The Morgan fingerprint density at radius 2 is 2.14 bits per heavy atom. The van der Waals surface area contributed by atoms with E-state index in [-0.39, 0.29) is 0 Å². The second-order valence-electron chi connectivity index (χ2n) is 5.12. The van der Waals surface area contributed by atoms with Gasteiger partial charge in [-0.1, -0.05) is 11.8 Å². The number of nitrogens with one attached hydrogen (secondary N) is 1. The number of amides is 1. The Hall–Kier alpha value is -1.49. The van der Waals surface area contributed by atoms with Crippen molar-refractivity contribution in [2.45, 2.75) is 31.9 Å². The number of carbonyl (C=O) groups excluding carboxylic acids is 1. The van der Waals surface area contributed by atoms with Crippen LogP contribution in [0.1, 0.15) is 34.8 Å². The Labute approximate surface area is 138 Å². The molecule has 0 spiro atoms. The van der Waals surface area contributed by atoms with Crippen molar-refractivity contribution in [2.24, 2.45) is 0 Å². The maximum Gasteiger partial charge on any atom is 0.326 e. The lowest BCUT2D eigenvalue weighted by Crippen LogP contribution is -2.40. The molecule has 0 aliphatic rings. The molecule has 1 aromatic heterocycles. The zero-order chi connectivity index (χ0) is 16.8. The van der Waals surface area contributed by atoms with Crippen LogP contribution >= 0.6 is 23.1 Å². The Kier molecular flexibility index (Phi) is 6.94. The molecule has 0 bridgehead atoms. The third-order valence-electron chi connectivity index (χ3n) is 2.54. The van der Waals surface area contributed by atoms with E-state index in [1.807, 2.05) is 6.26 Å². The van der Waals surface area contributed by atoms with E-state index >= 15 is 0 Å². The summed E-state index contributed by atoms with van der Waals surface area (Å²) >= 11 is 2.69. The number of carbonyl (C=O) groups is 2. The summed E-state index contributed by atoms with van der Waals surface area (Å²) in [7, 11) is 0. The number of carboxylic acids is 1. The third-order valence-corrected chi connectivity index (χ3v) is 4.18. The van der Waals surface area contributed by atoms with Crippen LogP contribution in [-0.4, -0.2) is 45.7 Å². The third kappa shape index (κ3) is 6.52. The fourth-order valence-corrected chi connectivity index (χ4v) is 2.70. The Bertz CT molecular complexity index is 593. The summed E-state index contributed by atoms with van der Waals surface area (Å²) in [6.07, 6.45) is 2.26. The van der Waals surface area contributed by atoms with E-state index in [2.05, 4.69) is 17.2 Å². The molecule has 0 radical (unpaired) electrons. The van der Waals surface area contributed by atoms with Crippen LogP contribution in [0, 0.1) is 11.8 Å². The Morgan fingerprint density at radius 3 is 2.68 bits per heavy atom. The van der Waals surface area contributed by atoms with Crippen molar-refractivity contribution in [3.05, 3.63) is 21.9 Å². The molecule has 0 aliphatic carbocycles. The first-order chi connectivity index (χ1) is 10.2. The zero-order valence-electron chi connectivity index (χ0n) is 12.7. The molecule has 1 unspecified atom stereocenters. The summed E-state index contributed by atoms with van der Waals surface area (Å²) in [5.74, 6) is 4.65. The summed E-state index contributed by atoms with van der Waals surface area (Å²) in [5.41, 5.74) is -1.10. The van der Waals surface area contributed by atoms with E-state index in [1.54, 1.807) is 26.0 Å². The SMILES string of the molecule is CSCCC(NC(=O)c1ccc(C#CC(C)(C)O)s1)C(=O)O. The van der Waals surface area contributed by atoms with Crippen LogP contribution < -0.4 is 5.32 Å². The first-order valence-corrected chi connectivity index (χ1v) is 8.82. The van der Waals surface area contributed by atoms with Gasteiger partial charge in [-0.3, -0.25) is 4.79 Å². The molecule has 0 fully saturated rings. The van der Waals surface area contributed by atoms with Gasteiger partial charge in [-0.2, -0.15) is 11.8 Å². The zero-order valence-corrected chi connectivity index (χ0v) is 14.3. The summed E-state index contributed by atoms with van der Waals surface area (Å²) in [4.78, 5) is 24.2. The highest BCUT2D eigenvalue weighted by Crippen LogP contribution is 2.16. The van der Waals surface area contributed by atoms with Crippen molar-refractivity contribution in [1.82, 2.24) is 5.32 Å². The number of carboxylic acid groups (broad SMARTS) is 1. The second kappa shape index (κ2) is 8.22. The van der Waals surface area contributed by atoms with Crippen LogP contribution in [-0.2, 0) is 4.79 Å². The van der Waals surface area contributed by atoms with Crippen molar-refractivity contribution in [1.29, 1.82) is 0 Å². The maximum atomic E-state index is 12.1. The van der Waals surface area contributed by atoms with E-state index in [0.717, 1.165) is 11.3 Å². The van der Waals surface area contributed by atoms with Gasteiger partial charge in [0.2, 0.25) is 0 Å². The van der Waals surface area contributed by atoms with Crippen LogP contribution in [0.3, 0.4) is 0 Å². The average molecular weight is 341 g/mol. The van der Waals surface area contributed by atoms with Crippen LogP contribution in [0.2, 0.25) is 0 Å². The smallest absolute Gasteiger partial charge is 0.326 e. The van der Waals surface area contributed by atoms with Gasteiger partial charge < -0.3 is 15.5 Å². The molecular weight excluding hydrogens is 322 g/mol. The van der Waals surface area contributed by atoms with E-state index in [9.17, 15) is 14.7 Å². The minimum atomic E-state index is -1.10. The number of hydrogen-bond acceptors (Lipinski definition) is 5. The molecule has 7 heteroatoms. The highest BCUT2D eigenvalue weighted by atomic mass is 32.2. The Morgan fingerprint density at radius 1 is 1.45 bits per heavy atom. The van der Waals surface area contributed by atoms with Gasteiger partial charge >= 0.3 is 5.97 Å². The summed E-state index contributed by atoms with van der Waals surface area (Å²) < 4.78 is 0. The normalized spacial score (nSPS) is 12.2. The Balaban J connectivity index is 2.75. The number of rotatable bonds is 6. The van der Waals surface area contributed by atoms with Gasteiger partial charge in [-0.05, 0) is 44.4 Å². The molecule has 1 aromatic rings. The number of hydrogen-bond donors (Lipinski definition) is 3. The maximum absolute atomic E-state index is 12.1. The van der Waals surface area contributed by atoms with Crippen LogP contribution in [0.4, 0.5) is 0 Å². The van der Waals surface area contributed by atoms with Gasteiger partial charge in [0.1, 0.15) is 11.6 Å². The largest absolute Gasteiger partial charge is 0.480 e. The lowest BCUT2D eigenvalue weighted by molar-refractivity contribution is -0.139. The molecule has 1 heterocycles. The first kappa shape index (κ1) is 18.6. The number of thioether (sulfide) groups is 1. The summed E-state index contributed by atoms with van der Waals surface area (Å²) in [6.45, 7) is 3.15. The topological polar surface area (TPSA) is 86.6 Å². The average Bonchev–Trinajstić information content (AvgIpc) is 2.89. The van der Waals surface area contributed by atoms with Crippen molar-refractivity contribution in [3.63, 3.8) is 0 Å². The monoisotopic (exact) mass is 341 g/mol. The van der Waals surface area contributed by atoms with E-state index in [1.165, 1.54) is 11.8 Å². The van der Waals surface area contributed by atoms with Crippen molar-refractivity contribution < 1.29 is 19.8 Å². The van der Waals surface area contributed by atoms with Crippen molar-refractivity contribution in [2.75, 3.05) is 12.0 Å². The van der Waals surface area contributed by atoms with E-state index < -0.39 is 23.5 Å². The van der Waals surface area contributed by atoms with Crippen molar-refractivity contribution in [3.8, 4) is 11.8 Å². The summed E-state index contributed by atoms with van der Waals surface area (Å²) in [5, 5.41) is 21.2. The van der Waals surface area contributed by atoms with Gasteiger partial charge in [0.25, 0.3) is 5.91 Å². The number of aliphatic carboxylic acids is 1. The minimum Gasteiger partial charge on any atom is -0.480 e. The molecule has 0 saturated heterocycles. The van der Waals surface area contributed by atoms with Crippen LogP contribution in [0.5, 0.6) is 0 Å². The fourth-order valence-electron chi connectivity index (χ4n) is 1.46. The number of aliphatic hydroxyl groups is 1. The van der Waals surface area contributed by atoms with Gasteiger partial charge in [-0.15, -0.1) is 11.3 Å². The first-order valence-electron chi connectivity index (χ1n) is 6.61. The minimum absolute atomic E-state index is 0.374. The molecule has 120 valence electrons. The molecule has 5 nitrogen and oxygen atoms in total. The van der Waals surface area contributed by atoms with Gasteiger partial charge in [0, 0.05) is 0 Å². The molecular formula is C15H19NO4S2. The predicted molar refractivity (Wildman–Crippen MR) is 89.4 cm³/mol. The summed E-state index contributed by atoms with van der Waals surface area (Å²) in [6, 6.07) is 2.38. The van der Waals surface area contributed by atoms with Crippen LogP contribution in [0.25, 0.3) is 0 Å². The molecule has 0 aromatic carbocycles. The molecule has 0 aliphatic heterocycles. The quantitative estimate of drug-likeness (QED) is 0.687. The standard InChI is InChI=1S/C15H19NO4S2/c1-15(2,20)8-6-10-4-5-12(22-10)13(17)16-11(14(18)19)7-9-21-3/h4-5,11,20H,7,9H2,1-3H3,(H,16,17)(H,18,19). The second-order valence-corrected chi connectivity index (χ2v) is 7.19. The van der Waals surface area contributed by atoms with Crippen molar-refractivity contribution >= 4 is 35.0 Å². The van der Waals surface area contributed by atoms with E-state index in [4.69, 9.17) is 5.11 Å². The highest BCUT2D eigenvalue weighted by molar-refractivity contribution is 7.98. The number of thiophene rings is 1. The van der Waals surface area contributed by atoms with Gasteiger partial charge in [-0.25, -0.2) is 4.79 Å². The molecule has 1 amide bonds. The molecule has 1 atom stereocenters. The van der Waals surface area contributed by atoms with Crippen LogP contribution in [0.15, 0.2) is 12.1 Å². The van der Waals surface area contributed by atoms with Gasteiger partial charge in [0.15, 0.2) is 0 Å². The van der Waals surface area contributed by atoms with Gasteiger partial charge in [0.05, 0.1) is 9.75 Å². The lowest BCUT2D eigenvalue weighted by atomic mass is 10.1. The lowest BCUT2D eigenvalue weighted by Gasteiger charge is -2.12. The fraction of sp³-hybridized carbons (Fsp3) is 0.467. The highest BCUT2D eigenvalue weighted by Gasteiger charge is 2.21. The van der Waals surface area contributed by atoms with E-state index in [0.29, 0.717) is 21.9 Å². The predicted octanol–water partition coefficient (Wildman–Crippen LogP) is 1.81. The molecule has 0 saturated carbocycles. The molecule has 22 heavy (non-hydrogen) atoms.